The zero-order chi connectivity index (χ0) is 14.7. The minimum atomic E-state index is -0.375. The van der Waals surface area contributed by atoms with Gasteiger partial charge in [-0.05, 0) is 48.2 Å². The Morgan fingerprint density at radius 2 is 2.05 bits per heavy atom. The fourth-order valence-electron chi connectivity index (χ4n) is 2.23. The van der Waals surface area contributed by atoms with Gasteiger partial charge < -0.3 is 10.5 Å². The van der Waals surface area contributed by atoms with Crippen LogP contribution in [0.4, 0.5) is 4.39 Å². The van der Waals surface area contributed by atoms with Crippen LogP contribution in [-0.4, -0.2) is 7.11 Å². The van der Waals surface area contributed by atoms with Crippen LogP contribution >= 0.6 is 11.6 Å². The number of halogens is 2. The largest absolute Gasteiger partial charge is 0.494 e. The van der Waals surface area contributed by atoms with E-state index >= 15 is 0 Å². The van der Waals surface area contributed by atoms with Crippen LogP contribution in [0.3, 0.4) is 0 Å². The smallest absolute Gasteiger partial charge is 0.165 e. The Hall–Kier alpha value is -1.58. The highest BCUT2D eigenvalue weighted by Crippen LogP contribution is 2.26. The summed E-state index contributed by atoms with van der Waals surface area (Å²) in [7, 11) is 1.44. The monoisotopic (exact) mass is 293 g/mol. The molecule has 1 unspecified atom stereocenters. The first-order valence-corrected chi connectivity index (χ1v) is 6.73. The zero-order valence-electron chi connectivity index (χ0n) is 11.5. The average molecular weight is 294 g/mol. The van der Waals surface area contributed by atoms with E-state index in [4.69, 9.17) is 22.1 Å². The zero-order valence-corrected chi connectivity index (χ0v) is 12.2. The number of hydrogen-bond donors (Lipinski definition) is 1. The van der Waals surface area contributed by atoms with Crippen molar-refractivity contribution in [2.24, 2.45) is 5.73 Å². The highest BCUT2D eigenvalue weighted by Gasteiger charge is 2.13. The Labute approximate surface area is 123 Å². The third-order valence-electron chi connectivity index (χ3n) is 3.38. The van der Waals surface area contributed by atoms with Crippen molar-refractivity contribution < 1.29 is 9.13 Å². The van der Waals surface area contributed by atoms with Gasteiger partial charge in [-0.2, -0.15) is 0 Å². The Bertz CT molecular complexity index is 615. The molecule has 1 atom stereocenters. The minimum absolute atomic E-state index is 0.221. The van der Waals surface area contributed by atoms with E-state index in [0.29, 0.717) is 11.4 Å². The highest BCUT2D eigenvalue weighted by atomic mass is 35.5. The molecule has 0 fully saturated rings. The summed E-state index contributed by atoms with van der Waals surface area (Å²) in [6, 6.07) is 10.3. The van der Waals surface area contributed by atoms with Crippen molar-refractivity contribution in [1.82, 2.24) is 0 Å². The molecule has 2 nitrogen and oxygen atoms in total. The first-order valence-electron chi connectivity index (χ1n) is 6.36. The first-order chi connectivity index (χ1) is 9.52. The lowest BCUT2D eigenvalue weighted by Crippen LogP contribution is -2.15. The lowest BCUT2D eigenvalue weighted by molar-refractivity contribution is 0.386. The maximum absolute atomic E-state index is 13.7. The summed E-state index contributed by atoms with van der Waals surface area (Å²) < 4.78 is 18.6. The summed E-state index contributed by atoms with van der Waals surface area (Å²) in [5.74, 6) is -0.138. The van der Waals surface area contributed by atoms with E-state index < -0.39 is 0 Å². The van der Waals surface area contributed by atoms with E-state index in [2.05, 4.69) is 0 Å². The number of nitrogens with two attached hydrogens (primary N) is 1. The van der Waals surface area contributed by atoms with Gasteiger partial charge in [0.25, 0.3) is 0 Å². The van der Waals surface area contributed by atoms with Crippen LogP contribution in [0.5, 0.6) is 5.75 Å². The van der Waals surface area contributed by atoms with Crippen molar-refractivity contribution in [2.45, 2.75) is 19.4 Å². The number of hydrogen-bond acceptors (Lipinski definition) is 2. The molecule has 0 aromatic heterocycles. The van der Waals surface area contributed by atoms with Gasteiger partial charge in [-0.15, -0.1) is 0 Å². The van der Waals surface area contributed by atoms with Crippen molar-refractivity contribution in [1.29, 1.82) is 0 Å². The highest BCUT2D eigenvalue weighted by molar-refractivity contribution is 6.31. The Morgan fingerprint density at radius 1 is 1.30 bits per heavy atom. The van der Waals surface area contributed by atoms with Crippen molar-refractivity contribution in [3.8, 4) is 5.75 Å². The van der Waals surface area contributed by atoms with E-state index in [1.165, 1.54) is 13.2 Å². The molecule has 0 saturated heterocycles. The Morgan fingerprint density at radius 3 is 2.70 bits per heavy atom. The van der Waals surface area contributed by atoms with Crippen LogP contribution < -0.4 is 10.5 Å². The minimum Gasteiger partial charge on any atom is -0.494 e. The standard InChI is InChI=1S/C16H17ClFNO/c1-10-12(4-3-5-13(10)17)15(19)9-11-6-7-16(20-2)14(18)8-11/h3-8,15H,9,19H2,1-2H3. The second kappa shape index (κ2) is 6.25. The SMILES string of the molecule is COc1ccc(CC(N)c2cccc(Cl)c2C)cc1F. The topological polar surface area (TPSA) is 35.2 Å². The lowest BCUT2D eigenvalue weighted by Gasteiger charge is -2.16. The fourth-order valence-corrected chi connectivity index (χ4v) is 2.41. The molecule has 0 spiro atoms. The third kappa shape index (κ3) is 3.11. The Kier molecular flexibility index (Phi) is 4.63. The van der Waals surface area contributed by atoms with Crippen LogP contribution in [0.25, 0.3) is 0 Å². The summed E-state index contributed by atoms with van der Waals surface area (Å²) >= 11 is 6.09. The molecule has 106 valence electrons. The molecule has 0 aliphatic rings. The molecule has 0 bridgehead atoms. The molecular weight excluding hydrogens is 277 g/mol. The maximum atomic E-state index is 13.7. The molecular formula is C16H17ClFNO. The molecule has 2 aromatic carbocycles. The first kappa shape index (κ1) is 14.8. The average Bonchev–Trinajstić information content (AvgIpc) is 2.42. The van der Waals surface area contributed by atoms with Gasteiger partial charge in [0, 0.05) is 11.1 Å². The molecule has 0 amide bonds. The third-order valence-corrected chi connectivity index (χ3v) is 3.79. The van der Waals surface area contributed by atoms with Gasteiger partial charge in [-0.25, -0.2) is 4.39 Å². The lowest BCUT2D eigenvalue weighted by atomic mass is 9.96. The van der Waals surface area contributed by atoms with Gasteiger partial charge in [0.15, 0.2) is 11.6 Å². The van der Waals surface area contributed by atoms with Crippen LogP contribution in [0.2, 0.25) is 5.02 Å². The molecule has 0 radical (unpaired) electrons. The molecule has 2 aromatic rings. The van der Waals surface area contributed by atoms with Crippen molar-refractivity contribution in [3.63, 3.8) is 0 Å². The van der Waals surface area contributed by atoms with Crippen molar-refractivity contribution in [2.75, 3.05) is 7.11 Å². The molecule has 20 heavy (non-hydrogen) atoms. The van der Waals surface area contributed by atoms with Gasteiger partial charge in [0.05, 0.1) is 7.11 Å². The quantitative estimate of drug-likeness (QED) is 0.923. The van der Waals surface area contributed by atoms with Crippen LogP contribution in [-0.2, 0) is 6.42 Å². The van der Waals surface area contributed by atoms with Gasteiger partial charge in [0.2, 0.25) is 0 Å². The second-order valence-electron chi connectivity index (χ2n) is 4.73. The molecule has 0 aliphatic heterocycles. The summed E-state index contributed by atoms with van der Waals surface area (Å²) in [6.07, 6.45) is 0.544. The van der Waals surface area contributed by atoms with E-state index in [1.807, 2.05) is 31.2 Å². The molecule has 0 saturated carbocycles. The summed E-state index contributed by atoms with van der Waals surface area (Å²) in [5.41, 5.74) is 8.98. The Balaban J connectivity index is 2.21. The molecule has 2 N–H and O–H groups in total. The number of rotatable bonds is 4. The van der Waals surface area contributed by atoms with Gasteiger partial charge in [-0.3, -0.25) is 0 Å². The van der Waals surface area contributed by atoms with E-state index in [-0.39, 0.29) is 17.6 Å². The second-order valence-corrected chi connectivity index (χ2v) is 5.14. The number of methoxy groups -OCH3 is 1. The maximum Gasteiger partial charge on any atom is 0.165 e. The van der Waals surface area contributed by atoms with E-state index in [0.717, 1.165) is 16.7 Å². The predicted molar refractivity (Wildman–Crippen MR) is 79.8 cm³/mol. The van der Waals surface area contributed by atoms with E-state index in [9.17, 15) is 4.39 Å². The van der Waals surface area contributed by atoms with Crippen LogP contribution in [0.1, 0.15) is 22.7 Å². The molecule has 0 aliphatic carbocycles. The van der Waals surface area contributed by atoms with Crippen molar-refractivity contribution in [3.05, 3.63) is 63.9 Å². The van der Waals surface area contributed by atoms with Crippen molar-refractivity contribution >= 4 is 11.6 Å². The number of benzene rings is 2. The molecule has 4 heteroatoms. The molecule has 0 heterocycles. The van der Waals surface area contributed by atoms with Crippen LogP contribution in [0.15, 0.2) is 36.4 Å². The predicted octanol–water partition coefficient (Wildman–Crippen LogP) is 4.04. The molecule has 2 rings (SSSR count). The summed E-state index contributed by atoms with van der Waals surface area (Å²) in [4.78, 5) is 0. The summed E-state index contributed by atoms with van der Waals surface area (Å²) in [5, 5.41) is 0.693. The van der Waals surface area contributed by atoms with Gasteiger partial charge >= 0.3 is 0 Å². The van der Waals surface area contributed by atoms with Gasteiger partial charge in [0.1, 0.15) is 0 Å². The van der Waals surface area contributed by atoms with Crippen LogP contribution in [0, 0.1) is 12.7 Å². The fraction of sp³-hybridized carbons (Fsp3) is 0.250. The number of ether oxygens (including phenoxy) is 1. The van der Waals surface area contributed by atoms with E-state index in [1.54, 1.807) is 6.07 Å². The normalized spacial score (nSPS) is 12.2. The summed E-state index contributed by atoms with van der Waals surface area (Å²) in [6.45, 7) is 1.94. The van der Waals surface area contributed by atoms with Gasteiger partial charge in [-0.1, -0.05) is 29.8 Å².